The molecule has 1 unspecified atom stereocenters. The van der Waals surface area contributed by atoms with Gasteiger partial charge < -0.3 is 20.6 Å². The lowest BCUT2D eigenvalue weighted by Crippen LogP contribution is -2.45. The Balaban J connectivity index is 2.26. The molecule has 19 heavy (non-hydrogen) atoms. The zero-order valence-electron chi connectivity index (χ0n) is 11.5. The monoisotopic (exact) mass is 263 g/mol. The van der Waals surface area contributed by atoms with Gasteiger partial charge in [0, 0.05) is 19.1 Å². The third-order valence-corrected chi connectivity index (χ3v) is 3.78. The Morgan fingerprint density at radius 3 is 2.84 bits per heavy atom. The van der Waals surface area contributed by atoms with Crippen LogP contribution in [0.15, 0.2) is 18.2 Å². The molecule has 0 amide bonds. The minimum Gasteiger partial charge on any atom is -0.478 e. The second-order valence-electron chi connectivity index (χ2n) is 5.25. The molecular formula is C14H21N3O2. The second kappa shape index (κ2) is 5.48. The van der Waals surface area contributed by atoms with Crippen molar-refractivity contribution in [3.05, 3.63) is 23.8 Å². The minimum absolute atomic E-state index is 0.185. The van der Waals surface area contributed by atoms with E-state index >= 15 is 0 Å². The smallest absolute Gasteiger partial charge is 0.337 e. The summed E-state index contributed by atoms with van der Waals surface area (Å²) in [5, 5.41) is 9.12. The Morgan fingerprint density at radius 2 is 2.21 bits per heavy atom. The fourth-order valence-corrected chi connectivity index (χ4v) is 2.61. The Bertz CT molecular complexity index is 474. The van der Waals surface area contributed by atoms with Gasteiger partial charge in [0.05, 0.1) is 16.9 Å². The molecule has 1 heterocycles. The highest BCUT2D eigenvalue weighted by atomic mass is 16.4. The zero-order chi connectivity index (χ0) is 14.0. The van der Waals surface area contributed by atoms with Gasteiger partial charge in [-0.05, 0) is 39.1 Å². The summed E-state index contributed by atoms with van der Waals surface area (Å²) in [6.45, 7) is 1.82. The molecule has 3 N–H and O–H groups in total. The molecule has 5 nitrogen and oxygen atoms in total. The van der Waals surface area contributed by atoms with Crippen molar-refractivity contribution >= 4 is 17.3 Å². The summed E-state index contributed by atoms with van der Waals surface area (Å²) in [7, 11) is 4.15. The fourth-order valence-electron chi connectivity index (χ4n) is 2.61. The largest absolute Gasteiger partial charge is 0.478 e. The van der Waals surface area contributed by atoms with Crippen molar-refractivity contribution in [3.63, 3.8) is 0 Å². The Hall–Kier alpha value is -1.75. The molecule has 0 bridgehead atoms. The van der Waals surface area contributed by atoms with Crippen molar-refractivity contribution in [2.45, 2.75) is 18.9 Å². The molecule has 0 aromatic heterocycles. The highest BCUT2D eigenvalue weighted by molar-refractivity contribution is 5.97. The van der Waals surface area contributed by atoms with Gasteiger partial charge in [0.1, 0.15) is 0 Å². The molecule has 104 valence electrons. The van der Waals surface area contributed by atoms with Crippen molar-refractivity contribution in [2.24, 2.45) is 0 Å². The van der Waals surface area contributed by atoms with Crippen molar-refractivity contribution in [3.8, 4) is 0 Å². The van der Waals surface area contributed by atoms with E-state index in [0.717, 1.165) is 25.2 Å². The first kappa shape index (κ1) is 13.7. The molecule has 0 spiro atoms. The third-order valence-electron chi connectivity index (χ3n) is 3.78. The number of carboxylic acid groups (broad SMARTS) is 1. The van der Waals surface area contributed by atoms with E-state index in [1.807, 2.05) is 6.07 Å². The van der Waals surface area contributed by atoms with Gasteiger partial charge in [-0.25, -0.2) is 4.79 Å². The van der Waals surface area contributed by atoms with Crippen LogP contribution in [0.5, 0.6) is 0 Å². The van der Waals surface area contributed by atoms with Crippen molar-refractivity contribution in [2.75, 3.05) is 37.8 Å². The molecule has 5 heteroatoms. The molecule has 0 saturated carbocycles. The van der Waals surface area contributed by atoms with Gasteiger partial charge >= 0.3 is 5.97 Å². The van der Waals surface area contributed by atoms with E-state index in [1.165, 1.54) is 6.42 Å². The van der Waals surface area contributed by atoms with Gasteiger partial charge in [-0.1, -0.05) is 6.07 Å². The second-order valence-corrected chi connectivity index (χ2v) is 5.25. The molecular weight excluding hydrogens is 242 g/mol. The topological polar surface area (TPSA) is 69.8 Å². The predicted molar refractivity (Wildman–Crippen MR) is 76.7 cm³/mol. The maximum Gasteiger partial charge on any atom is 0.337 e. The summed E-state index contributed by atoms with van der Waals surface area (Å²) in [6, 6.07) is 5.70. The van der Waals surface area contributed by atoms with Crippen LogP contribution in [0.2, 0.25) is 0 Å². The van der Waals surface area contributed by atoms with E-state index in [9.17, 15) is 4.79 Å². The molecule has 1 aromatic carbocycles. The average Bonchev–Trinajstić information content (AvgIpc) is 2.38. The number of anilines is 2. The fraction of sp³-hybridized carbons (Fsp3) is 0.500. The molecule has 2 rings (SSSR count). The minimum atomic E-state index is -0.972. The summed E-state index contributed by atoms with van der Waals surface area (Å²) in [6.07, 6.45) is 2.27. The first-order valence-electron chi connectivity index (χ1n) is 6.54. The molecule has 0 aliphatic carbocycles. The van der Waals surface area contributed by atoms with E-state index in [2.05, 4.69) is 23.9 Å². The number of hydrogen-bond donors (Lipinski definition) is 2. The number of aromatic carboxylic acids is 1. The number of carbonyl (C=O) groups is 1. The third kappa shape index (κ3) is 2.81. The highest BCUT2D eigenvalue weighted by Crippen LogP contribution is 2.29. The number of nitrogens with zero attached hydrogens (tertiary/aromatic N) is 2. The summed E-state index contributed by atoms with van der Waals surface area (Å²) < 4.78 is 0. The van der Waals surface area contributed by atoms with Gasteiger partial charge in [0.2, 0.25) is 0 Å². The van der Waals surface area contributed by atoms with Crippen LogP contribution in [0, 0.1) is 0 Å². The quantitative estimate of drug-likeness (QED) is 0.809. The number of likely N-dealkylation sites (N-methyl/N-ethyl adjacent to an activating group) is 1. The van der Waals surface area contributed by atoms with E-state index in [1.54, 1.807) is 12.1 Å². The maximum atomic E-state index is 11.1. The van der Waals surface area contributed by atoms with Gasteiger partial charge in [-0.2, -0.15) is 0 Å². The molecule has 1 aliphatic heterocycles. The van der Waals surface area contributed by atoms with Crippen LogP contribution in [0.4, 0.5) is 11.4 Å². The van der Waals surface area contributed by atoms with E-state index in [0.29, 0.717) is 11.7 Å². The van der Waals surface area contributed by atoms with Crippen molar-refractivity contribution in [1.29, 1.82) is 0 Å². The number of rotatable bonds is 3. The van der Waals surface area contributed by atoms with Crippen LogP contribution in [-0.2, 0) is 0 Å². The normalized spacial score (nSPS) is 19.7. The molecule has 1 aliphatic rings. The number of piperidine rings is 1. The summed E-state index contributed by atoms with van der Waals surface area (Å²) in [4.78, 5) is 15.5. The van der Waals surface area contributed by atoms with Crippen LogP contribution in [0.3, 0.4) is 0 Å². The first-order valence-corrected chi connectivity index (χ1v) is 6.54. The van der Waals surface area contributed by atoms with Gasteiger partial charge in [-0.15, -0.1) is 0 Å². The summed E-state index contributed by atoms with van der Waals surface area (Å²) in [5.41, 5.74) is 7.39. The predicted octanol–water partition coefficient (Wildman–Crippen LogP) is 1.50. The number of benzene rings is 1. The lowest BCUT2D eigenvalue weighted by atomic mass is 10.0. The number of nitrogen functional groups attached to an aromatic ring is 1. The Labute approximate surface area is 113 Å². The highest BCUT2D eigenvalue weighted by Gasteiger charge is 2.24. The van der Waals surface area contributed by atoms with Crippen molar-refractivity contribution in [1.82, 2.24) is 4.90 Å². The SMILES string of the molecule is CN(C)C1CCCN(c2cccc(C(=O)O)c2N)C1. The van der Waals surface area contributed by atoms with Crippen LogP contribution in [0.25, 0.3) is 0 Å². The van der Waals surface area contributed by atoms with Crippen LogP contribution in [0.1, 0.15) is 23.2 Å². The molecule has 1 atom stereocenters. The van der Waals surface area contributed by atoms with E-state index in [4.69, 9.17) is 10.8 Å². The van der Waals surface area contributed by atoms with Gasteiger partial charge in [-0.3, -0.25) is 0 Å². The van der Waals surface area contributed by atoms with E-state index < -0.39 is 5.97 Å². The molecule has 1 fully saturated rings. The molecule has 0 radical (unpaired) electrons. The standard InChI is InChI=1S/C14H21N3O2/c1-16(2)10-5-4-8-17(9-10)12-7-3-6-11(13(12)15)14(18)19/h3,6-7,10H,4-5,8-9,15H2,1-2H3,(H,18,19). The Morgan fingerprint density at radius 1 is 1.47 bits per heavy atom. The number of hydrogen-bond acceptors (Lipinski definition) is 4. The number of nitrogens with two attached hydrogens (primary N) is 1. The number of carboxylic acids is 1. The van der Waals surface area contributed by atoms with Gasteiger partial charge in [0.25, 0.3) is 0 Å². The zero-order valence-corrected chi connectivity index (χ0v) is 11.5. The van der Waals surface area contributed by atoms with Crippen LogP contribution >= 0.6 is 0 Å². The van der Waals surface area contributed by atoms with Gasteiger partial charge in [0.15, 0.2) is 0 Å². The lowest BCUT2D eigenvalue weighted by molar-refractivity contribution is 0.0698. The maximum absolute atomic E-state index is 11.1. The lowest BCUT2D eigenvalue weighted by Gasteiger charge is -2.38. The summed E-state index contributed by atoms with van der Waals surface area (Å²) in [5.74, 6) is -0.972. The molecule has 1 aromatic rings. The summed E-state index contributed by atoms with van der Waals surface area (Å²) >= 11 is 0. The first-order chi connectivity index (χ1) is 9.00. The van der Waals surface area contributed by atoms with Crippen LogP contribution in [-0.4, -0.2) is 49.2 Å². The molecule has 1 saturated heterocycles. The van der Waals surface area contributed by atoms with E-state index in [-0.39, 0.29) is 5.56 Å². The van der Waals surface area contributed by atoms with Crippen LogP contribution < -0.4 is 10.6 Å². The average molecular weight is 263 g/mol. The van der Waals surface area contributed by atoms with Crippen molar-refractivity contribution < 1.29 is 9.90 Å². The number of para-hydroxylation sites is 1. The Kier molecular flexibility index (Phi) is 3.95.